The highest BCUT2D eigenvalue weighted by atomic mass is 16.7. The first kappa shape index (κ1) is 20.8. The van der Waals surface area contributed by atoms with Crippen LogP contribution in [0.4, 0.5) is 0 Å². The molecule has 0 bridgehead atoms. The highest BCUT2D eigenvalue weighted by Gasteiger charge is 2.27. The second-order valence-electron chi connectivity index (χ2n) is 5.17. The Labute approximate surface area is 134 Å². The molecule has 0 rings (SSSR count). The third-order valence-corrected chi connectivity index (χ3v) is 3.31. The van der Waals surface area contributed by atoms with Crippen molar-refractivity contribution in [1.82, 2.24) is 0 Å². The molecule has 1 unspecified atom stereocenters. The molecular weight excluding hydrogens is 284 g/mol. The van der Waals surface area contributed by atoms with Crippen molar-refractivity contribution in [3.63, 3.8) is 0 Å². The zero-order chi connectivity index (χ0) is 16.8. The van der Waals surface area contributed by atoms with Gasteiger partial charge >= 0.3 is 5.97 Å². The van der Waals surface area contributed by atoms with Gasteiger partial charge in [0.2, 0.25) is 0 Å². The van der Waals surface area contributed by atoms with Gasteiger partial charge < -0.3 is 18.9 Å². The second-order valence-corrected chi connectivity index (χ2v) is 5.17. The van der Waals surface area contributed by atoms with Gasteiger partial charge in [-0.25, -0.2) is 0 Å². The molecule has 0 aromatic carbocycles. The molecule has 128 valence electrons. The van der Waals surface area contributed by atoms with Crippen LogP contribution in [0.1, 0.15) is 32.6 Å². The predicted molar refractivity (Wildman–Crippen MR) is 86.5 cm³/mol. The lowest BCUT2D eigenvalue weighted by molar-refractivity contribution is -0.154. The van der Waals surface area contributed by atoms with Gasteiger partial charge in [0.15, 0.2) is 0 Å². The van der Waals surface area contributed by atoms with E-state index < -0.39 is 0 Å². The number of allylic oxidation sites excluding steroid dienone is 1. The lowest BCUT2D eigenvalue weighted by Gasteiger charge is -2.28. The highest BCUT2D eigenvalue weighted by molar-refractivity contribution is 5.69. The summed E-state index contributed by atoms with van der Waals surface area (Å²) in [4.78, 5) is 11.7. The van der Waals surface area contributed by atoms with Gasteiger partial charge in [0.1, 0.15) is 12.9 Å². The number of methoxy groups -OCH3 is 2. The summed E-state index contributed by atoms with van der Waals surface area (Å²) in [7, 11) is 3.15. The van der Waals surface area contributed by atoms with Gasteiger partial charge in [-0.3, -0.25) is 4.79 Å². The van der Waals surface area contributed by atoms with E-state index in [4.69, 9.17) is 18.9 Å². The number of rotatable bonds is 14. The Morgan fingerprint density at radius 2 is 1.95 bits per heavy atom. The molecule has 0 fully saturated rings. The van der Waals surface area contributed by atoms with Gasteiger partial charge in [-0.2, -0.15) is 0 Å². The first-order chi connectivity index (χ1) is 10.6. The Hall–Kier alpha value is -1.17. The Morgan fingerprint density at radius 3 is 2.50 bits per heavy atom. The molecule has 0 aromatic rings. The van der Waals surface area contributed by atoms with Gasteiger partial charge in [0.25, 0.3) is 0 Å². The van der Waals surface area contributed by atoms with Crippen molar-refractivity contribution >= 4 is 5.97 Å². The fourth-order valence-corrected chi connectivity index (χ4v) is 2.04. The lowest BCUT2D eigenvalue weighted by Crippen LogP contribution is -2.38. The Morgan fingerprint density at radius 1 is 1.23 bits per heavy atom. The van der Waals surface area contributed by atoms with Crippen LogP contribution >= 0.6 is 0 Å². The molecule has 0 aliphatic rings. The van der Waals surface area contributed by atoms with E-state index in [-0.39, 0.29) is 37.5 Å². The predicted octanol–water partition coefficient (Wildman–Crippen LogP) is 3.10. The topological polar surface area (TPSA) is 54.0 Å². The van der Waals surface area contributed by atoms with Gasteiger partial charge in [0, 0.05) is 26.6 Å². The molecule has 0 heterocycles. The first-order valence-corrected chi connectivity index (χ1v) is 7.63. The van der Waals surface area contributed by atoms with Gasteiger partial charge in [-0.05, 0) is 19.3 Å². The van der Waals surface area contributed by atoms with Crippen molar-refractivity contribution in [1.29, 1.82) is 0 Å². The van der Waals surface area contributed by atoms with Crippen LogP contribution in [0.25, 0.3) is 0 Å². The Kier molecular flexibility index (Phi) is 12.8. The summed E-state index contributed by atoms with van der Waals surface area (Å²) < 4.78 is 21.2. The highest BCUT2D eigenvalue weighted by Crippen LogP contribution is 2.16. The number of hydrogen-bond acceptors (Lipinski definition) is 5. The fraction of sp³-hybridized carbons (Fsp3) is 0.706. The zero-order valence-corrected chi connectivity index (χ0v) is 14.1. The monoisotopic (exact) mass is 314 g/mol. The van der Waals surface area contributed by atoms with Crippen LogP contribution in [0.15, 0.2) is 25.3 Å². The maximum absolute atomic E-state index is 11.7. The van der Waals surface area contributed by atoms with Gasteiger partial charge in [-0.15, -0.1) is 13.2 Å². The van der Waals surface area contributed by atoms with E-state index in [0.29, 0.717) is 6.42 Å². The molecule has 5 nitrogen and oxygen atoms in total. The summed E-state index contributed by atoms with van der Waals surface area (Å²) >= 11 is 0. The number of carbonyl (C=O) groups is 1. The van der Waals surface area contributed by atoms with Gasteiger partial charge in [0.05, 0.1) is 12.7 Å². The average Bonchev–Trinajstić information content (AvgIpc) is 2.53. The molecule has 0 spiro atoms. The number of esters is 1. The van der Waals surface area contributed by atoms with Crippen molar-refractivity contribution in [2.45, 2.75) is 44.8 Å². The summed E-state index contributed by atoms with van der Waals surface area (Å²) in [6.45, 7) is 9.76. The normalized spacial score (nSPS) is 14.9. The number of carbonyl (C=O) groups excluding carboxylic acids is 1. The van der Waals surface area contributed by atoms with Crippen molar-refractivity contribution < 1.29 is 23.7 Å². The minimum Gasteiger partial charge on any atom is -0.465 e. The molecule has 0 aliphatic carbocycles. The second kappa shape index (κ2) is 13.5. The quantitative estimate of drug-likeness (QED) is 0.213. The summed E-state index contributed by atoms with van der Waals surface area (Å²) in [6.07, 6.45) is 6.09. The van der Waals surface area contributed by atoms with Crippen molar-refractivity contribution in [2.24, 2.45) is 5.92 Å². The van der Waals surface area contributed by atoms with E-state index in [1.54, 1.807) is 20.3 Å². The first-order valence-electron chi connectivity index (χ1n) is 7.63. The molecule has 0 N–H and O–H groups in total. The molecule has 5 heteroatoms. The third-order valence-electron chi connectivity index (χ3n) is 3.31. The fourth-order valence-electron chi connectivity index (χ4n) is 2.04. The van der Waals surface area contributed by atoms with Crippen LogP contribution < -0.4 is 0 Å². The third kappa shape index (κ3) is 8.97. The van der Waals surface area contributed by atoms with E-state index in [2.05, 4.69) is 13.2 Å². The van der Waals surface area contributed by atoms with Crippen LogP contribution in [0.2, 0.25) is 0 Å². The molecule has 0 amide bonds. The van der Waals surface area contributed by atoms with Crippen molar-refractivity contribution in [3.8, 4) is 0 Å². The number of ether oxygens (including phenoxy) is 4. The standard InChI is InChI=1S/C17H30O5/c1-6-8-9-10-11-16(18)21-12-14(3)17(22-13-19-4)15(7-2)20-5/h6-7,14-15,17H,1-2,8-13H2,3-5H3/t14-,15+,17?/m1/s1. The molecule has 0 aromatic heterocycles. The van der Waals surface area contributed by atoms with E-state index in [9.17, 15) is 4.79 Å². The minimum absolute atomic E-state index is 0.0322. The minimum atomic E-state index is -0.281. The van der Waals surface area contributed by atoms with E-state index in [1.165, 1.54) is 0 Å². The largest absolute Gasteiger partial charge is 0.465 e. The van der Waals surface area contributed by atoms with E-state index >= 15 is 0 Å². The van der Waals surface area contributed by atoms with Crippen LogP contribution in [-0.4, -0.2) is 45.8 Å². The van der Waals surface area contributed by atoms with Crippen molar-refractivity contribution in [3.05, 3.63) is 25.3 Å². The summed E-state index contributed by atoms with van der Waals surface area (Å²) in [5, 5.41) is 0. The maximum atomic E-state index is 11.7. The smallest absolute Gasteiger partial charge is 0.305 e. The molecule has 22 heavy (non-hydrogen) atoms. The average molecular weight is 314 g/mol. The number of unbranched alkanes of at least 4 members (excludes halogenated alkanes) is 2. The molecule has 0 saturated heterocycles. The molecular formula is C17H30O5. The van der Waals surface area contributed by atoms with Crippen LogP contribution in [0, 0.1) is 5.92 Å². The van der Waals surface area contributed by atoms with Crippen LogP contribution in [-0.2, 0) is 23.7 Å². The van der Waals surface area contributed by atoms with Crippen LogP contribution in [0.5, 0.6) is 0 Å². The van der Waals surface area contributed by atoms with Crippen molar-refractivity contribution in [2.75, 3.05) is 27.6 Å². The molecule has 0 saturated carbocycles. The molecule has 0 radical (unpaired) electrons. The zero-order valence-electron chi connectivity index (χ0n) is 14.1. The summed E-state index contributed by atoms with van der Waals surface area (Å²) in [5.41, 5.74) is 0. The van der Waals surface area contributed by atoms with Gasteiger partial charge in [-0.1, -0.05) is 19.1 Å². The van der Waals surface area contributed by atoms with E-state index in [0.717, 1.165) is 19.3 Å². The molecule has 0 aliphatic heterocycles. The lowest BCUT2D eigenvalue weighted by atomic mass is 10.0. The SMILES string of the molecule is C=CCCCCC(=O)OC[C@@H](C)C(OCOC)[C@H](C=C)OC. The molecule has 3 atom stereocenters. The number of hydrogen-bond donors (Lipinski definition) is 0. The summed E-state index contributed by atoms with van der Waals surface area (Å²) in [5.74, 6) is -0.218. The summed E-state index contributed by atoms with van der Waals surface area (Å²) in [6, 6.07) is 0. The van der Waals surface area contributed by atoms with Crippen LogP contribution in [0.3, 0.4) is 0 Å². The maximum Gasteiger partial charge on any atom is 0.305 e. The van der Waals surface area contributed by atoms with E-state index in [1.807, 2.05) is 13.0 Å². The Balaban J connectivity index is 4.25. The Bertz CT molecular complexity index is 316.